The first kappa shape index (κ1) is 16.0. The van der Waals surface area contributed by atoms with Crippen molar-refractivity contribution in [3.8, 4) is 0 Å². The van der Waals surface area contributed by atoms with E-state index in [1.54, 1.807) is 60.1 Å². The lowest BCUT2D eigenvalue weighted by molar-refractivity contribution is 0.0708. The van der Waals surface area contributed by atoms with Crippen molar-refractivity contribution in [2.75, 3.05) is 5.32 Å². The van der Waals surface area contributed by atoms with Crippen LogP contribution in [0.25, 0.3) is 10.8 Å². The van der Waals surface area contributed by atoms with E-state index in [-0.39, 0.29) is 11.5 Å². The monoisotopic (exact) mass is 338 g/mol. The van der Waals surface area contributed by atoms with Gasteiger partial charge in [0.05, 0.1) is 11.3 Å². The van der Waals surface area contributed by atoms with Crippen LogP contribution in [0.3, 0.4) is 0 Å². The fourth-order valence-electron chi connectivity index (χ4n) is 2.55. The van der Waals surface area contributed by atoms with Crippen LogP contribution in [0.5, 0.6) is 0 Å². The smallest absolute Gasteiger partial charge is 0.275 e. The molecule has 0 aromatic heterocycles. The van der Waals surface area contributed by atoms with E-state index in [1.165, 1.54) is 0 Å². The van der Waals surface area contributed by atoms with Crippen molar-refractivity contribution in [2.24, 2.45) is 0 Å². The molecular formula is C18H14N2O3S. The Hall–Kier alpha value is -2.83. The number of para-hydroxylation sites is 1. The molecule has 0 spiro atoms. The normalized spacial score (nSPS) is 10.4. The SMILES string of the molecule is O=C(NO)c1cccc2cccc(C(=O)Nc3ccccc3S)c12. The molecule has 0 unspecified atom stereocenters. The van der Waals surface area contributed by atoms with E-state index in [4.69, 9.17) is 5.21 Å². The Morgan fingerprint density at radius 3 is 2.08 bits per heavy atom. The van der Waals surface area contributed by atoms with Crippen LogP contribution in [-0.4, -0.2) is 17.0 Å². The first-order chi connectivity index (χ1) is 11.6. The molecule has 3 aromatic rings. The molecule has 0 atom stereocenters. The Kier molecular flexibility index (Phi) is 4.50. The van der Waals surface area contributed by atoms with Gasteiger partial charge in [-0.2, -0.15) is 0 Å². The van der Waals surface area contributed by atoms with Crippen molar-refractivity contribution in [3.05, 3.63) is 71.8 Å². The van der Waals surface area contributed by atoms with E-state index in [2.05, 4.69) is 17.9 Å². The molecule has 0 fully saturated rings. The summed E-state index contributed by atoms with van der Waals surface area (Å²) in [5.74, 6) is -1.03. The molecular weight excluding hydrogens is 324 g/mol. The number of amides is 2. The lowest BCUT2D eigenvalue weighted by atomic mass is 9.98. The minimum Gasteiger partial charge on any atom is -0.321 e. The average Bonchev–Trinajstić information content (AvgIpc) is 2.61. The Bertz CT molecular complexity index is 935. The maximum absolute atomic E-state index is 12.7. The summed E-state index contributed by atoms with van der Waals surface area (Å²) in [6, 6.07) is 17.3. The third-order valence-electron chi connectivity index (χ3n) is 3.65. The van der Waals surface area contributed by atoms with Crippen molar-refractivity contribution >= 4 is 40.9 Å². The molecule has 0 radical (unpaired) electrons. The van der Waals surface area contributed by atoms with Gasteiger partial charge in [0.2, 0.25) is 0 Å². The van der Waals surface area contributed by atoms with Gasteiger partial charge in [-0.05, 0) is 29.7 Å². The molecule has 0 bridgehead atoms. The Labute approximate surface area is 143 Å². The summed E-state index contributed by atoms with van der Waals surface area (Å²) in [6.07, 6.45) is 0. The van der Waals surface area contributed by atoms with Crippen LogP contribution in [0, 0.1) is 0 Å². The molecule has 3 aromatic carbocycles. The second-order valence-corrected chi connectivity index (χ2v) is 5.60. The molecule has 5 nitrogen and oxygen atoms in total. The van der Waals surface area contributed by atoms with Gasteiger partial charge < -0.3 is 5.32 Å². The predicted octanol–water partition coefficient (Wildman–Crippen LogP) is 3.50. The number of fused-ring (bicyclic) bond motifs is 1. The number of nitrogens with one attached hydrogen (secondary N) is 2. The molecule has 3 N–H and O–H groups in total. The Morgan fingerprint density at radius 2 is 1.46 bits per heavy atom. The lowest BCUT2D eigenvalue weighted by Gasteiger charge is -2.12. The third kappa shape index (κ3) is 2.97. The number of hydroxylamine groups is 1. The first-order valence-corrected chi connectivity index (χ1v) is 7.62. The molecule has 0 saturated carbocycles. The highest BCUT2D eigenvalue weighted by molar-refractivity contribution is 7.80. The fraction of sp³-hybridized carbons (Fsp3) is 0. The molecule has 0 aliphatic carbocycles. The van der Waals surface area contributed by atoms with Gasteiger partial charge in [-0.3, -0.25) is 14.8 Å². The highest BCUT2D eigenvalue weighted by Gasteiger charge is 2.17. The largest absolute Gasteiger partial charge is 0.321 e. The van der Waals surface area contributed by atoms with Gasteiger partial charge in [0.15, 0.2) is 0 Å². The van der Waals surface area contributed by atoms with Crippen molar-refractivity contribution in [2.45, 2.75) is 4.90 Å². The molecule has 120 valence electrons. The standard InChI is InChI=1S/C18H14N2O3S/c21-17(19-14-9-1-2-10-15(14)24)12-7-3-5-11-6-4-8-13(16(11)12)18(22)20-23/h1-10,23-24H,(H,19,21)(H,20,22). The van der Waals surface area contributed by atoms with E-state index in [0.29, 0.717) is 21.5 Å². The molecule has 0 heterocycles. The zero-order chi connectivity index (χ0) is 17.1. The van der Waals surface area contributed by atoms with Crippen LogP contribution >= 0.6 is 12.6 Å². The molecule has 2 amide bonds. The summed E-state index contributed by atoms with van der Waals surface area (Å²) >= 11 is 4.31. The van der Waals surface area contributed by atoms with Gasteiger partial charge in [0.25, 0.3) is 11.8 Å². The number of benzene rings is 3. The Balaban J connectivity index is 2.10. The van der Waals surface area contributed by atoms with Crippen LogP contribution in [-0.2, 0) is 0 Å². The van der Waals surface area contributed by atoms with Gasteiger partial charge >= 0.3 is 0 Å². The maximum atomic E-state index is 12.7. The van der Waals surface area contributed by atoms with Gasteiger partial charge in [-0.25, -0.2) is 5.48 Å². The quantitative estimate of drug-likeness (QED) is 0.335. The highest BCUT2D eigenvalue weighted by atomic mass is 32.1. The van der Waals surface area contributed by atoms with Crippen molar-refractivity contribution in [1.29, 1.82) is 0 Å². The highest BCUT2D eigenvalue weighted by Crippen LogP contribution is 2.25. The minimum atomic E-state index is -0.671. The van der Waals surface area contributed by atoms with Gasteiger partial charge in [-0.15, -0.1) is 12.6 Å². The predicted molar refractivity (Wildman–Crippen MR) is 94.8 cm³/mol. The fourth-order valence-corrected chi connectivity index (χ4v) is 2.77. The minimum absolute atomic E-state index is 0.222. The van der Waals surface area contributed by atoms with Gasteiger partial charge in [0, 0.05) is 15.8 Å². The van der Waals surface area contributed by atoms with Gasteiger partial charge in [0.1, 0.15) is 0 Å². The summed E-state index contributed by atoms with van der Waals surface area (Å²) in [7, 11) is 0. The van der Waals surface area contributed by atoms with Crippen LogP contribution < -0.4 is 10.8 Å². The molecule has 3 rings (SSSR count). The Morgan fingerprint density at radius 1 is 0.833 bits per heavy atom. The second kappa shape index (κ2) is 6.74. The van der Waals surface area contributed by atoms with Crippen molar-refractivity contribution in [1.82, 2.24) is 5.48 Å². The van der Waals surface area contributed by atoms with E-state index in [0.717, 1.165) is 5.39 Å². The number of carbonyl (C=O) groups is 2. The van der Waals surface area contributed by atoms with E-state index >= 15 is 0 Å². The maximum Gasteiger partial charge on any atom is 0.275 e. The number of rotatable bonds is 3. The average molecular weight is 338 g/mol. The number of thiol groups is 1. The summed E-state index contributed by atoms with van der Waals surface area (Å²) < 4.78 is 0. The van der Waals surface area contributed by atoms with Crippen LogP contribution in [0.2, 0.25) is 0 Å². The number of hydrogen-bond acceptors (Lipinski definition) is 4. The molecule has 0 saturated heterocycles. The number of carbonyl (C=O) groups excluding carboxylic acids is 2. The van der Waals surface area contributed by atoms with Crippen molar-refractivity contribution < 1.29 is 14.8 Å². The molecule has 6 heteroatoms. The van der Waals surface area contributed by atoms with E-state index in [9.17, 15) is 9.59 Å². The summed E-state index contributed by atoms with van der Waals surface area (Å²) in [6.45, 7) is 0. The summed E-state index contributed by atoms with van der Waals surface area (Å²) in [4.78, 5) is 25.3. The van der Waals surface area contributed by atoms with Gasteiger partial charge in [-0.1, -0.05) is 36.4 Å². The lowest BCUT2D eigenvalue weighted by Crippen LogP contribution is -2.20. The zero-order valence-corrected chi connectivity index (χ0v) is 13.4. The molecule has 0 aliphatic rings. The zero-order valence-electron chi connectivity index (χ0n) is 12.5. The first-order valence-electron chi connectivity index (χ1n) is 7.17. The summed E-state index contributed by atoms with van der Waals surface area (Å²) in [5, 5.41) is 12.9. The third-order valence-corrected chi connectivity index (χ3v) is 4.04. The second-order valence-electron chi connectivity index (χ2n) is 5.12. The van der Waals surface area contributed by atoms with Crippen molar-refractivity contribution in [3.63, 3.8) is 0 Å². The van der Waals surface area contributed by atoms with Crippen LogP contribution in [0.15, 0.2) is 65.6 Å². The molecule has 0 aliphatic heterocycles. The number of anilines is 1. The van der Waals surface area contributed by atoms with Crippen LogP contribution in [0.1, 0.15) is 20.7 Å². The van der Waals surface area contributed by atoms with E-state index in [1.807, 2.05) is 6.07 Å². The van der Waals surface area contributed by atoms with Crippen LogP contribution in [0.4, 0.5) is 5.69 Å². The topological polar surface area (TPSA) is 78.4 Å². The summed E-state index contributed by atoms with van der Waals surface area (Å²) in [5.41, 5.74) is 2.75. The molecule has 24 heavy (non-hydrogen) atoms. The number of hydrogen-bond donors (Lipinski definition) is 4. The van der Waals surface area contributed by atoms with E-state index < -0.39 is 5.91 Å².